The lowest BCUT2D eigenvalue weighted by Crippen LogP contribution is -2.41. The number of nitro groups is 1. The Labute approximate surface area is 116 Å². The third kappa shape index (κ3) is 3.53. The van der Waals surface area contributed by atoms with E-state index in [-0.39, 0.29) is 23.8 Å². The molecule has 0 aliphatic heterocycles. The molecule has 1 aromatic rings. The van der Waals surface area contributed by atoms with Gasteiger partial charge in [0, 0.05) is 12.1 Å². The van der Waals surface area contributed by atoms with E-state index in [0.29, 0.717) is 0 Å². The number of nitro benzene ring substituents is 1. The molecule has 0 unspecified atom stereocenters. The minimum atomic E-state index is -0.621. The quantitative estimate of drug-likeness (QED) is 0.464. The van der Waals surface area contributed by atoms with Crippen LogP contribution in [-0.4, -0.2) is 41.4 Å². The van der Waals surface area contributed by atoms with Crippen LogP contribution >= 0.6 is 0 Å². The smallest absolute Gasteiger partial charge is 0.325 e. The van der Waals surface area contributed by atoms with Crippen molar-refractivity contribution in [3.63, 3.8) is 0 Å². The van der Waals surface area contributed by atoms with Crippen molar-refractivity contribution in [2.75, 3.05) is 13.7 Å². The van der Waals surface area contributed by atoms with Crippen molar-refractivity contribution in [1.29, 1.82) is 0 Å². The molecule has 0 aromatic heterocycles. The summed E-state index contributed by atoms with van der Waals surface area (Å²) in [5.74, 6) is -1.15. The molecule has 0 fully saturated rings. The Balaban J connectivity index is 3.13. The Morgan fingerprint density at radius 1 is 1.35 bits per heavy atom. The van der Waals surface area contributed by atoms with Gasteiger partial charge in [-0.2, -0.15) is 0 Å². The SMILES string of the molecule is COC(=O)CN(C(=O)c1ccccc1[N+](=O)[O-])C(C)C. The maximum Gasteiger partial charge on any atom is 0.325 e. The van der Waals surface area contributed by atoms with Gasteiger partial charge in [-0.15, -0.1) is 0 Å². The highest BCUT2D eigenvalue weighted by molar-refractivity contribution is 5.99. The van der Waals surface area contributed by atoms with Crippen LogP contribution in [0.15, 0.2) is 24.3 Å². The largest absolute Gasteiger partial charge is 0.468 e. The summed E-state index contributed by atoms with van der Waals surface area (Å²) in [7, 11) is 1.22. The van der Waals surface area contributed by atoms with Gasteiger partial charge in [0.25, 0.3) is 11.6 Å². The van der Waals surface area contributed by atoms with Crippen molar-refractivity contribution in [2.45, 2.75) is 19.9 Å². The predicted molar refractivity (Wildman–Crippen MR) is 71.3 cm³/mol. The van der Waals surface area contributed by atoms with Crippen LogP contribution in [0.5, 0.6) is 0 Å². The first-order chi connectivity index (χ1) is 9.38. The van der Waals surface area contributed by atoms with E-state index in [0.717, 1.165) is 0 Å². The van der Waals surface area contributed by atoms with Crippen molar-refractivity contribution in [1.82, 2.24) is 4.90 Å². The van der Waals surface area contributed by atoms with Crippen molar-refractivity contribution in [2.24, 2.45) is 0 Å². The molecule has 1 aromatic carbocycles. The van der Waals surface area contributed by atoms with E-state index in [4.69, 9.17) is 0 Å². The second kappa shape index (κ2) is 6.65. The molecule has 0 spiro atoms. The number of carbonyl (C=O) groups excluding carboxylic acids is 2. The number of methoxy groups -OCH3 is 1. The number of amides is 1. The number of hydrogen-bond donors (Lipinski definition) is 0. The van der Waals surface area contributed by atoms with Crippen molar-refractivity contribution < 1.29 is 19.2 Å². The molecule has 0 atom stereocenters. The van der Waals surface area contributed by atoms with Gasteiger partial charge in [-0.3, -0.25) is 19.7 Å². The Bertz CT molecular complexity index is 527. The van der Waals surface area contributed by atoms with Gasteiger partial charge in [-0.05, 0) is 19.9 Å². The maximum absolute atomic E-state index is 12.4. The minimum absolute atomic E-state index is 0.0462. The van der Waals surface area contributed by atoms with Crippen LogP contribution in [-0.2, 0) is 9.53 Å². The third-order valence-electron chi connectivity index (χ3n) is 2.74. The summed E-state index contributed by atoms with van der Waals surface area (Å²) in [4.78, 5) is 35.3. The average Bonchev–Trinajstić information content (AvgIpc) is 2.43. The summed E-state index contributed by atoms with van der Waals surface area (Å²) >= 11 is 0. The van der Waals surface area contributed by atoms with Crippen molar-refractivity contribution in [3.8, 4) is 0 Å². The summed E-state index contributed by atoms with van der Waals surface area (Å²) in [6, 6.07) is 5.35. The Kier molecular flexibility index (Phi) is 5.19. The normalized spacial score (nSPS) is 10.2. The highest BCUT2D eigenvalue weighted by Gasteiger charge is 2.27. The van der Waals surface area contributed by atoms with Crippen LogP contribution in [0.3, 0.4) is 0 Å². The van der Waals surface area contributed by atoms with Gasteiger partial charge in [0.15, 0.2) is 0 Å². The minimum Gasteiger partial charge on any atom is -0.468 e. The highest BCUT2D eigenvalue weighted by atomic mass is 16.6. The number of esters is 1. The highest BCUT2D eigenvalue weighted by Crippen LogP contribution is 2.20. The van der Waals surface area contributed by atoms with E-state index in [2.05, 4.69) is 4.74 Å². The third-order valence-corrected chi connectivity index (χ3v) is 2.74. The van der Waals surface area contributed by atoms with E-state index >= 15 is 0 Å². The molecule has 0 aliphatic rings. The predicted octanol–water partition coefficient (Wildman–Crippen LogP) is 1.62. The Hall–Kier alpha value is -2.44. The lowest BCUT2D eigenvalue weighted by atomic mass is 10.1. The average molecular weight is 280 g/mol. The van der Waals surface area contributed by atoms with Crippen LogP contribution < -0.4 is 0 Å². The number of nitrogens with zero attached hydrogens (tertiary/aromatic N) is 2. The second-order valence-electron chi connectivity index (χ2n) is 4.38. The van der Waals surface area contributed by atoms with E-state index in [1.165, 1.54) is 36.3 Å². The zero-order valence-electron chi connectivity index (χ0n) is 11.5. The molecule has 20 heavy (non-hydrogen) atoms. The van der Waals surface area contributed by atoms with Gasteiger partial charge in [0.1, 0.15) is 12.1 Å². The standard InChI is InChI=1S/C13H16N2O5/c1-9(2)14(8-12(16)20-3)13(17)10-6-4-5-7-11(10)15(18)19/h4-7,9H,8H2,1-3H3. The molecule has 0 radical (unpaired) electrons. The first-order valence-corrected chi connectivity index (χ1v) is 5.99. The topological polar surface area (TPSA) is 89.8 Å². The molecule has 7 nitrogen and oxygen atoms in total. The summed E-state index contributed by atoms with van der Waals surface area (Å²) in [6.07, 6.45) is 0. The van der Waals surface area contributed by atoms with Gasteiger partial charge < -0.3 is 9.64 Å². The first kappa shape index (κ1) is 15.6. The molecule has 1 amide bonds. The summed E-state index contributed by atoms with van der Waals surface area (Å²) in [5, 5.41) is 10.9. The molecule has 0 N–H and O–H groups in total. The van der Waals surface area contributed by atoms with Gasteiger partial charge in [-0.25, -0.2) is 0 Å². The van der Waals surface area contributed by atoms with E-state index in [1.807, 2.05) is 0 Å². The fraction of sp³-hybridized carbons (Fsp3) is 0.385. The zero-order valence-corrected chi connectivity index (χ0v) is 11.5. The maximum atomic E-state index is 12.4. The van der Waals surface area contributed by atoms with Crippen LogP contribution in [0.4, 0.5) is 5.69 Å². The lowest BCUT2D eigenvalue weighted by Gasteiger charge is -2.25. The number of rotatable bonds is 5. The van der Waals surface area contributed by atoms with Crippen LogP contribution in [0.1, 0.15) is 24.2 Å². The summed E-state index contributed by atoms with van der Waals surface area (Å²) in [5.41, 5.74) is -0.330. The Morgan fingerprint density at radius 3 is 2.45 bits per heavy atom. The van der Waals surface area contributed by atoms with Gasteiger partial charge in [0.05, 0.1) is 12.0 Å². The zero-order chi connectivity index (χ0) is 15.3. The summed E-state index contributed by atoms with van der Waals surface area (Å²) < 4.78 is 4.53. The lowest BCUT2D eigenvalue weighted by molar-refractivity contribution is -0.385. The van der Waals surface area contributed by atoms with Gasteiger partial charge >= 0.3 is 5.97 Å². The molecular weight excluding hydrogens is 264 g/mol. The van der Waals surface area contributed by atoms with E-state index in [1.54, 1.807) is 13.8 Å². The number of ether oxygens (including phenoxy) is 1. The molecule has 0 heterocycles. The van der Waals surface area contributed by atoms with Crippen molar-refractivity contribution >= 4 is 17.6 Å². The fourth-order valence-electron chi connectivity index (χ4n) is 1.66. The van der Waals surface area contributed by atoms with E-state index in [9.17, 15) is 19.7 Å². The van der Waals surface area contributed by atoms with Crippen LogP contribution in [0.2, 0.25) is 0 Å². The molecule has 7 heteroatoms. The first-order valence-electron chi connectivity index (χ1n) is 5.99. The summed E-state index contributed by atoms with van der Waals surface area (Å²) in [6.45, 7) is 3.18. The molecule has 0 bridgehead atoms. The Morgan fingerprint density at radius 2 is 1.95 bits per heavy atom. The number of benzene rings is 1. The van der Waals surface area contributed by atoms with Crippen LogP contribution in [0, 0.1) is 10.1 Å². The molecule has 0 aliphatic carbocycles. The monoisotopic (exact) mass is 280 g/mol. The van der Waals surface area contributed by atoms with E-state index < -0.39 is 16.8 Å². The molecule has 1 rings (SSSR count). The van der Waals surface area contributed by atoms with Gasteiger partial charge in [0.2, 0.25) is 0 Å². The number of para-hydroxylation sites is 1. The number of hydrogen-bond acceptors (Lipinski definition) is 5. The molecule has 108 valence electrons. The molecule has 0 saturated heterocycles. The molecule has 0 saturated carbocycles. The van der Waals surface area contributed by atoms with Crippen LogP contribution in [0.25, 0.3) is 0 Å². The fourth-order valence-corrected chi connectivity index (χ4v) is 1.66. The van der Waals surface area contributed by atoms with Crippen molar-refractivity contribution in [3.05, 3.63) is 39.9 Å². The number of carbonyl (C=O) groups is 2. The van der Waals surface area contributed by atoms with Gasteiger partial charge in [-0.1, -0.05) is 12.1 Å². The molecular formula is C13H16N2O5. The second-order valence-corrected chi connectivity index (χ2v) is 4.38.